The first-order valence-corrected chi connectivity index (χ1v) is 27.5. The molecule has 0 aliphatic carbocycles. The molecule has 1 aliphatic rings. The third kappa shape index (κ3) is 601. The number of aliphatic hydroxyl groups excluding tert-OH is 1. The SMILES string of the molecule is CC.CC.CC.CC.CC.CC.CC(=O)O.CC(N)=O.CC(N)=O.CN.CN1CC1.CO.C[N+](=O)[O-].C[N+](=O)[O-].C[N+](=O)[O-].C[N+](=O)[O-].C[N+](=O)[O-].C[N+](=O)[O-].c1ccncc1.c1ccncc1.c1ccncc1.c1ccncc1.c1ccncc1.c1ccncc1. The lowest BCUT2D eigenvalue weighted by Crippen LogP contribution is -2.01. The molecule has 7 rings (SSSR count). The van der Waals surface area contributed by atoms with E-state index >= 15 is 0 Å². The van der Waals surface area contributed by atoms with Crippen LogP contribution in [0, 0.1) is 60.7 Å². The number of hydrogen-bond acceptors (Lipinski definition) is 24. The highest BCUT2D eigenvalue weighted by Crippen LogP contribution is 1.93. The van der Waals surface area contributed by atoms with E-state index in [9.17, 15) is 9.59 Å². The summed E-state index contributed by atoms with van der Waals surface area (Å²) in [6, 6.07) is 34.3. The first kappa shape index (κ1) is 127. The number of amides is 2. The van der Waals surface area contributed by atoms with Gasteiger partial charge in [-0.25, -0.2) is 0 Å². The number of aliphatic carboxylic acids is 1. The molecular formula is C59H114N16O17. The lowest BCUT2D eigenvalue weighted by molar-refractivity contribution is -0.445. The van der Waals surface area contributed by atoms with Gasteiger partial charge in [0.2, 0.25) is 11.8 Å². The number of carboxylic acid groups (broad SMARTS) is 1. The van der Waals surface area contributed by atoms with Crippen LogP contribution in [0.4, 0.5) is 0 Å². The van der Waals surface area contributed by atoms with E-state index in [0.29, 0.717) is 0 Å². The normalized spacial score (nSPS) is 7.24. The smallest absolute Gasteiger partial charge is 0.300 e. The zero-order valence-corrected chi connectivity index (χ0v) is 58.8. The summed E-state index contributed by atoms with van der Waals surface area (Å²) in [5.41, 5.74) is 13.4. The van der Waals surface area contributed by atoms with Crippen molar-refractivity contribution in [2.75, 3.05) is 76.6 Å². The Kier molecular flexibility index (Phi) is 213. The average Bonchev–Trinajstić information content (AvgIpc) is 4.58. The van der Waals surface area contributed by atoms with Gasteiger partial charge in [0.25, 0.3) is 5.97 Å². The van der Waals surface area contributed by atoms with Crippen molar-refractivity contribution in [3.05, 3.63) is 244 Å². The van der Waals surface area contributed by atoms with Crippen molar-refractivity contribution in [3.8, 4) is 0 Å². The number of carboxylic acids is 1. The second-order valence-corrected chi connectivity index (χ2v) is 11.8. The molecule has 1 aliphatic heterocycles. The summed E-state index contributed by atoms with van der Waals surface area (Å²) in [7, 11) is 9.94. The van der Waals surface area contributed by atoms with Gasteiger partial charge in [-0.1, -0.05) is 119 Å². The first-order valence-electron chi connectivity index (χ1n) is 27.5. The maximum absolute atomic E-state index is 9.22. The summed E-state index contributed by atoms with van der Waals surface area (Å²) in [4.78, 5) is 102. The summed E-state index contributed by atoms with van der Waals surface area (Å²) in [5.74, 6) is -1.50. The monoisotopic (exact) mass is 1320 g/mol. The number of aromatic nitrogens is 6. The second kappa shape index (κ2) is 154. The number of aliphatic hydroxyl groups is 1. The number of nitrogens with zero attached hydrogens (tertiary/aromatic N) is 13. The molecule has 6 aromatic rings. The van der Waals surface area contributed by atoms with Crippen molar-refractivity contribution >= 4 is 17.8 Å². The summed E-state index contributed by atoms with van der Waals surface area (Å²) in [5, 5.41) is 67.2. The van der Waals surface area contributed by atoms with Gasteiger partial charge in [0, 0.05) is 145 Å². The van der Waals surface area contributed by atoms with Gasteiger partial charge in [0.1, 0.15) is 0 Å². The maximum Gasteiger partial charge on any atom is 0.300 e. The number of rotatable bonds is 0. The third-order valence-corrected chi connectivity index (χ3v) is 4.07. The van der Waals surface area contributed by atoms with Crippen molar-refractivity contribution in [2.45, 2.75) is 104 Å². The van der Waals surface area contributed by atoms with Crippen LogP contribution in [-0.4, -0.2) is 169 Å². The number of carbonyl (C=O) groups excluding carboxylic acids is 2. The van der Waals surface area contributed by atoms with Crippen LogP contribution in [0.15, 0.2) is 184 Å². The Morgan fingerprint density at radius 1 is 0.326 bits per heavy atom. The summed E-state index contributed by atoms with van der Waals surface area (Å²) < 4.78 is 0. The van der Waals surface area contributed by atoms with Gasteiger partial charge < -0.3 is 32.3 Å². The topological polar surface area (TPSA) is 509 Å². The molecule has 33 nitrogen and oxygen atoms in total. The molecule has 532 valence electrons. The van der Waals surface area contributed by atoms with Crippen LogP contribution in [0.1, 0.15) is 104 Å². The van der Waals surface area contributed by atoms with E-state index < -0.39 is 35.5 Å². The molecule has 0 atom stereocenters. The number of primary amides is 2. The summed E-state index contributed by atoms with van der Waals surface area (Å²) >= 11 is 0. The van der Waals surface area contributed by atoms with E-state index in [1.54, 1.807) is 74.4 Å². The van der Waals surface area contributed by atoms with E-state index in [-0.39, 0.29) is 11.8 Å². The van der Waals surface area contributed by atoms with Crippen molar-refractivity contribution < 1.29 is 54.1 Å². The highest BCUT2D eigenvalue weighted by atomic mass is 16.6. The Morgan fingerprint density at radius 3 is 0.391 bits per heavy atom. The summed E-state index contributed by atoms with van der Waals surface area (Å²) in [6.45, 7) is 30.3. The van der Waals surface area contributed by atoms with E-state index in [1.807, 2.05) is 192 Å². The lowest BCUT2D eigenvalue weighted by Gasteiger charge is -1.70. The van der Waals surface area contributed by atoms with Gasteiger partial charge in [-0.15, -0.1) is 0 Å². The van der Waals surface area contributed by atoms with Crippen LogP contribution < -0.4 is 17.2 Å². The largest absolute Gasteiger partial charge is 0.481 e. The molecule has 33 heteroatoms. The molecule has 2 amide bonds. The molecule has 0 aromatic carbocycles. The van der Waals surface area contributed by atoms with Crippen LogP contribution >= 0.6 is 0 Å². The van der Waals surface area contributed by atoms with Crippen LogP contribution in [0.5, 0.6) is 0 Å². The Hall–Kier alpha value is -10.4. The van der Waals surface area contributed by atoms with Gasteiger partial charge in [-0.3, -0.25) is 105 Å². The molecular weight excluding hydrogens is 1200 g/mol. The molecule has 0 unspecified atom stereocenters. The number of nitro groups is 6. The minimum absolute atomic E-state index is 0.333. The quantitative estimate of drug-likeness (QED) is 0.0536. The van der Waals surface area contributed by atoms with Crippen molar-refractivity contribution in [1.29, 1.82) is 0 Å². The van der Waals surface area contributed by atoms with E-state index in [4.69, 9.17) is 75.7 Å². The third-order valence-electron chi connectivity index (χ3n) is 4.07. The Bertz CT molecular complexity index is 1540. The number of hydrogen-bond donors (Lipinski definition) is 5. The standard InChI is InChI=1S/6C5H5N.C3H7N.2C2H5NO.C2H4O2.6C2H6.6CH3NO2.CH5N.CH4O/c6*1-2-4-6-5-3-1;1-4-2-3-4;3*1-2(3)4;6*1-2;6*1-2(3)4;2*1-2/h6*1-5H;2-3H2,1H3;2*1H3,(H2,3,4);1H3,(H,3,4);6*1-2H3;6*1H3;2H2,1H3;2H,1H3. The number of nitrogens with two attached hydrogens (primary N) is 3. The molecule has 6 aromatic heterocycles. The van der Waals surface area contributed by atoms with Gasteiger partial charge in [0.15, 0.2) is 42.3 Å². The predicted octanol–water partition coefficient (Wildman–Crippen LogP) is 10.2. The Balaban J connectivity index is -0.0000000430. The molecule has 92 heavy (non-hydrogen) atoms. The fraction of sp³-hybridized carbons (Fsp3) is 0.441. The minimum Gasteiger partial charge on any atom is -0.481 e. The van der Waals surface area contributed by atoms with E-state index in [2.05, 4.69) is 59.1 Å². The molecule has 0 saturated carbocycles. The summed E-state index contributed by atoms with van der Waals surface area (Å²) in [6.07, 6.45) is 21.0. The molecule has 0 radical (unpaired) electrons. The Labute approximate surface area is 547 Å². The highest BCUT2D eigenvalue weighted by molar-refractivity contribution is 5.70. The zero-order chi connectivity index (χ0) is 76.6. The molecule has 0 spiro atoms. The van der Waals surface area contributed by atoms with Gasteiger partial charge in [-0.05, 0) is 86.9 Å². The van der Waals surface area contributed by atoms with Crippen LogP contribution in [0.25, 0.3) is 0 Å². The van der Waals surface area contributed by atoms with Crippen molar-refractivity contribution in [1.82, 2.24) is 34.8 Å². The Morgan fingerprint density at radius 2 is 0.380 bits per heavy atom. The van der Waals surface area contributed by atoms with Crippen molar-refractivity contribution in [3.63, 3.8) is 0 Å². The fourth-order valence-corrected chi connectivity index (χ4v) is 1.98. The van der Waals surface area contributed by atoms with Crippen LogP contribution in [0.3, 0.4) is 0 Å². The van der Waals surface area contributed by atoms with E-state index in [0.717, 1.165) is 56.3 Å². The average molecular weight is 1320 g/mol. The molecule has 7 heterocycles. The zero-order valence-electron chi connectivity index (χ0n) is 58.8. The predicted molar refractivity (Wildman–Crippen MR) is 370 cm³/mol. The fourth-order valence-electron chi connectivity index (χ4n) is 1.98. The van der Waals surface area contributed by atoms with Crippen LogP contribution in [0.2, 0.25) is 0 Å². The highest BCUT2D eigenvalue weighted by Gasteiger charge is 2.07. The van der Waals surface area contributed by atoms with Gasteiger partial charge in [0.05, 0.1) is 0 Å². The molecule has 1 fully saturated rings. The number of carbonyl (C=O) groups is 3. The van der Waals surface area contributed by atoms with Crippen LogP contribution in [-0.2, 0) is 14.4 Å². The molecule has 0 bridgehead atoms. The molecule has 1 saturated heterocycles. The van der Waals surface area contributed by atoms with Gasteiger partial charge >= 0.3 is 0 Å². The molecule has 8 N–H and O–H groups in total. The lowest BCUT2D eigenvalue weighted by atomic mass is 10.5. The van der Waals surface area contributed by atoms with Crippen molar-refractivity contribution in [2.24, 2.45) is 17.2 Å². The maximum atomic E-state index is 9.22. The first-order chi connectivity index (χ1) is 43.5. The number of likely N-dealkylation sites (N-methyl/N-ethyl adjacent to an activating group) is 1. The van der Waals surface area contributed by atoms with Gasteiger partial charge in [-0.2, -0.15) is 0 Å². The minimum atomic E-state index is -0.833. The second-order valence-electron chi connectivity index (χ2n) is 11.8. The number of pyridine rings is 6. The van der Waals surface area contributed by atoms with E-state index in [1.165, 1.54) is 34.0 Å².